The first-order chi connectivity index (χ1) is 16.5. The normalized spacial score (nSPS) is 10.9. The summed E-state index contributed by atoms with van der Waals surface area (Å²) in [4.78, 5) is 17.9. The zero-order valence-electron chi connectivity index (χ0n) is 18.8. The van der Waals surface area contributed by atoms with Crippen LogP contribution in [0.5, 0.6) is 0 Å². The molecule has 0 fully saturated rings. The van der Waals surface area contributed by atoms with E-state index in [-0.39, 0.29) is 5.91 Å². The van der Waals surface area contributed by atoms with E-state index in [1.165, 1.54) is 0 Å². The second-order valence-corrected chi connectivity index (χ2v) is 8.70. The summed E-state index contributed by atoms with van der Waals surface area (Å²) in [6.07, 6.45) is 4.00. The van der Waals surface area contributed by atoms with Gasteiger partial charge in [0, 0.05) is 34.4 Å². The molecule has 6 heteroatoms. The van der Waals surface area contributed by atoms with Crippen LogP contribution in [-0.4, -0.2) is 15.3 Å². The molecular formula is C28H23ClN4O. The minimum atomic E-state index is -0.187. The van der Waals surface area contributed by atoms with Gasteiger partial charge in [-0.1, -0.05) is 35.9 Å². The van der Waals surface area contributed by atoms with Crippen molar-refractivity contribution in [3.8, 4) is 11.3 Å². The minimum absolute atomic E-state index is 0.187. The molecule has 3 aromatic carbocycles. The Morgan fingerprint density at radius 2 is 1.65 bits per heavy atom. The highest BCUT2D eigenvalue weighted by molar-refractivity contribution is 6.30. The number of hydrogen-bond donors (Lipinski definition) is 2. The third kappa shape index (κ3) is 4.51. The Bertz CT molecular complexity index is 1490. The highest BCUT2D eigenvalue weighted by Crippen LogP contribution is 2.26. The number of benzene rings is 3. The molecular weight excluding hydrogens is 444 g/mol. The summed E-state index contributed by atoms with van der Waals surface area (Å²) < 4.78 is 2.02. The summed E-state index contributed by atoms with van der Waals surface area (Å²) in [7, 11) is 0. The molecule has 5 aromatic rings. The Labute approximate surface area is 203 Å². The van der Waals surface area contributed by atoms with E-state index in [1.807, 2.05) is 110 Å². The molecule has 2 heterocycles. The fraction of sp³-hybridized carbons (Fsp3) is 0.0714. The Kier molecular flexibility index (Phi) is 5.78. The van der Waals surface area contributed by atoms with Gasteiger partial charge in [0.2, 0.25) is 0 Å². The van der Waals surface area contributed by atoms with E-state index in [1.54, 1.807) is 0 Å². The summed E-state index contributed by atoms with van der Waals surface area (Å²) in [6.45, 7) is 4.04. The van der Waals surface area contributed by atoms with Crippen LogP contribution in [0.3, 0.4) is 0 Å². The van der Waals surface area contributed by atoms with Crippen molar-refractivity contribution < 1.29 is 4.79 Å². The second kappa shape index (κ2) is 9.04. The number of aryl methyl sites for hydroxylation is 2. The molecule has 0 aliphatic heterocycles. The van der Waals surface area contributed by atoms with E-state index in [0.717, 1.165) is 39.4 Å². The van der Waals surface area contributed by atoms with Gasteiger partial charge in [-0.05, 0) is 79.6 Å². The summed E-state index contributed by atoms with van der Waals surface area (Å²) in [5, 5.41) is 6.99. The van der Waals surface area contributed by atoms with E-state index in [0.29, 0.717) is 16.3 Å². The van der Waals surface area contributed by atoms with Crippen molar-refractivity contribution in [1.29, 1.82) is 0 Å². The van der Waals surface area contributed by atoms with Gasteiger partial charge < -0.3 is 15.0 Å². The highest BCUT2D eigenvalue weighted by atomic mass is 35.5. The quantitative estimate of drug-likeness (QED) is 0.286. The zero-order valence-corrected chi connectivity index (χ0v) is 19.6. The largest absolute Gasteiger partial charge is 0.355 e. The topological polar surface area (TPSA) is 58.4 Å². The highest BCUT2D eigenvalue weighted by Gasteiger charge is 2.13. The molecule has 5 nitrogen and oxygen atoms in total. The number of nitrogens with zero attached hydrogens (tertiary/aromatic N) is 2. The van der Waals surface area contributed by atoms with E-state index < -0.39 is 0 Å². The predicted molar refractivity (Wildman–Crippen MR) is 139 cm³/mol. The first-order valence-corrected chi connectivity index (χ1v) is 11.3. The van der Waals surface area contributed by atoms with Crippen molar-refractivity contribution in [3.05, 3.63) is 113 Å². The van der Waals surface area contributed by atoms with Crippen molar-refractivity contribution in [1.82, 2.24) is 9.38 Å². The minimum Gasteiger partial charge on any atom is -0.355 e. The van der Waals surface area contributed by atoms with Gasteiger partial charge in [-0.2, -0.15) is 0 Å². The maximum Gasteiger partial charge on any atom is 0.257 e. The summed E-state index contributed by atoms with van der Waals surface area (Å²) in [5.74, 6) is -0.187. The molecule has 0 saturated heterocycles. The van der Waals surface area contributed by atoms with Gasteiger partial charge in [-0.25, -0.2) is 4.98 Å². The van der Waals surface area contributed by atoms with Crippen LogP contribution in [0.4, 0.5) is 17.1 Å². The van der Waals surface area contributed by atoms with Crippen LogP contribution in [-0.2, 0) is 0 Å². The number of nitrogens with one attached hydrogen (secondary N) is 2. The maximum atomic E-state index is 13.1. The molecule has 1 amide bonds. The molecule has 2 N–H and O–H groups in total. The summed E-state index contributed by atoms with van der Waals surface area (Å²) in [6, 6.07) is 24.9. The second-order valence-electron chi connectivity index (χ2n) is 8.26. The Balaban J connectivity index is 1.36. The van der Waals surface area contributed by atoms with Gasteiger partial charge in [0.25, 0.3) is 5.91 Å². The third-order valence-electron chi connectivity index (χ3n) is 5.66. The number of rotatable bonds is 5. The number of imidazole rings is 1. The van der Waals surface area contributed by atoms with Crippen molar-refractivity contribution in [2.45, 2.75) is 13.8 Å². The fourth-order valence-electron chi connectivity index (χ4n) is 3.86. The average molecular weight is 467 g/mol. The van der Waals surface area contributed by atoms with Crippen LogP contribution in [0.15, 0.2) is 91.3 Å². The van der Waals surface area contributed by atoms with E-state index >= 15 is 0 Å². The molecule has 0 aliphatic rings. The Morgan fingerprint density at radius 3 is 2.38 bits per heavy atom. The van der Waals surface area contributed by atoms with Gasteiger partial charge >= 0.3 is 0 Å². The van der Waals surface area contributed by atoms with Gasteiger partial charge in [-0.15, -0.1) is 0 Å². The van der Waals surface area contributed by atoms with Crippen LogP contribution in [0.25, 0.3) is 16.9 Å². The molecule has 0 bridgehead atoms. The molecule has 5 rings (SSSR count). The van der Waals surface area contributed by atoms with Crippen molar-refractivity contribution in [3.63, 3.8) is 0 Å². The van der Waals surface area contributed by atoms with Crippen LogP contribution < -0.4 is 10.6 Å². The number of carbonyl (C=O) groups is 1. The predicted octanol–water partition coefficient (Wildman–Crippen LogP) is 7.27. The average Bonchev–Trinajstić information content (AvgIpc) is 3.27. The lowest BCUT2D eigenvalue weighted by atomic mass is 10.1. The van der Waals surface area contributed by atoms with E-state index in [2.05, 4.69) is 10.6 Å². The molecule has 0 aliphatic carbocycles. The standard InChI is InChI=1S/C28H23ClN4O/c1-18-5-14-24(25(16-18)30-22-12-8-21(29)9-13-22)28(34)31-23-10-6-20(7-11-23)26-17-33-15-3-4-19(2)27(33)32-26/h3-17,30H,1-2H3,(H,31,34). The van der Waals surface area contributed by atoms with Crippen molar-refractivity contribution in [2.75, 3.05) is 10.6 Å². The van der Waals surface area contributed by atoms with Crippen molar-refractivity contribution >= 4 is 40.2 Å². The summed E-state index contributed by atoms with van der Waals surface area (Å²) >= 11 is 5.99. The molecule has 0 spiro atoms. The molecule has 34 heavy (non-hydrogen) atoms. The first-order valence-electron chi connectivity index (χ1n) is 11.0. The van der Waals surface area contributed by atoms with Crippen LogP contribution in [0.2, 0.25) is 5.02 Å². The number of carbonyl (C=O) groups excluding carboxylic acids is 1. The van der Waals surface area contributed by atoms with Crippen LogP contribution in [0, 0.1) is 13.8 Å². The lowest BCUT2D eigenvalue weighted by Crippen LogP contribution is -2.14. The van der Waals surface area contributed by atoms with E-state index in [4.69, 9.17) is 16.6 Å². The molecule has 0 saturated carbocycles. The molecule has 2 aromatic heterocycles. The number of pyridine rings is 1. The van der Waals surface area contributed by atoms with E-state index in [9.17, 15) is 4.79 Å². The number of hydrogen-bond acceptors (Lipinski definition) is 3. The zero-order chi connectivity index (χ0) is 23.7. The fourth-order valence-corrected chi connectivity index (χ4v) is 3.99. The Morgan fingerprint density at radius 1 is 0.912 bits per heavy atom. The Hall–Kier alpha value is -4.09. The SMILES string of the molecule is Cc1ccc(C(=O)Nc2ccc(-c3cn4cccc(C)c4n3)cc2)c(Nc2ccc(Cl)cc2)c1. The molecule has 0 unspecified atom stereocenters. The lowest BCUT2D eigenvalue weighted by molar-refractivity contribution is 0.102. The molecule has 168 valence electrons. The maximum absolute atomic E-state index is 13.1. The van der Waals surface area contributed by atoms with Gasteiger partial charge in [0.1, 0.15) is 5.65 Å². The number of anilines is 3. The first kappa shape index (κ1) is 21.7. The van der Waals surface area contributed by atoms with Crippen molar-refractivity contribution in [2.24, 2.45) is 0 Å². The van der Waals surface area contributed by atoms with Crippen LogP contribution in [0.1, 0.15) is 21.5 Å². The molecule has 0 radical (unpaired) electrons. The number of aromatic nitrogens is 2. The van der Waals surface area contributed by atoms with Gasteiger partial charge in [0.15, 0.2) is 0 Å². The molecule has 0 atom stereocenters. The van der Waals surface area contributed by atoms with Gasteiger partial charge in [-0.3, -0.25) is 4.79 Å². The monoisotopic (exact) mass is 466 g/mol. The number of halogens is 1. The lowest BCUT2D eigenvalue weighted by Gasteiger charge is -2.14. The number of amides is 1. The number of fused-ring (bicyclic) bond motifs is 1. The van der Waals surface area contributed by atoms with Crippen LogP contribution >= 0.6 is 11.6 Å². The smallest absolute Gasteiger partial charge is 0.257 e. The van der Waals surface area contributed by atoms with Gasteiger partial charge in [0.05, 0.1) is 16.9 Å². The summed E-state index contributed by atoms with van der Waals surface area (Å²) in [5.41, 5.74) is 7.86. The third-order valence-corrected chi connectivity index (χ3v) is 5.91.